The van der Waals surface area contributed by atoms with Gasteiger partial charge in [-0.15, -0.1) is 0 Å². The molecule has 0 aliphatic rings. The molecule has 0 amide bonds. The topological polar surface area (TPSA) is 74.2 Å². The summed E-state index contributed by atoms with van der Waals surface area (Å²) < 4.78 is 20.7. The van der Waals surface area contributed by atoms with E-state index in [0.29, 0.717) is 23.7 Å². The van der Waals surface area contributed by atoms with Gasteiger partial charge in [-0.25, -0.2) is 4.79 Å². The van der Waals surface area contributed by atoms with Gasteiger partial charge in [0.25, 0.3) is 0 Å². The Morgan fingerprint density at radius 1 is 0.962 bits per heavy atom. The molecule has 2 aromatic rings. The molecule has 0 spiro atoms. The minimum absolute atomic E-state index is 0.0437. The molecule has 0 fully saturated rings. The Labute approximate surface area is 152 Å². The summed E-state index contributed by atoms with van der Waals surface area (Å²) in [6, 6.07) is 10.4. The summed E-state index contributed by atoms with van der Waals surface area (Å²) in [5, 5.41) is 9.55. The Hall–Kier alpha value is -3.15. The van der Waals surface area contributed by atoms with Gasteiger partial charge < -0.3 is 24.1 Å². The fourth-order valence-corrected chi connectivity index (χ4v) is 2.32. The lowest BCUT2D eigenvalue weighted by molar-refractivity contribution is -0.137. The maximum atomic E-state index is 11.8. The molecule has 0 saturated heterocycles. The molecule has 0 aliphatic heterocycles. The van der Waals surface area contributed by atoms with Crippen LogP contribution in [0.15, 0.2) is 42.5 Å². The Balaban J connectivity index is 1.87. The first-order valence-corrected chi connectivity index (χ1v) is 8.00. The maximum absolute atomic E-state index is 11.8. The lowest BCUT2D eigenvalue weighted by Crippen LogP contribution is -2.05. The SMILES string of the molecule is COc1cc(/C=C/C(=O)OCCc2ccc(OC)c(OC)c2)ccc1O. The number of hydrogen-bond acceptors (Lipinski definition) is 6. The van der Waals surface area contributed by atoms with Crippen molar-refractivity contribution >= 4 is 12.0 Å². The smallest absolute Gasteiger partial charge is 0.330 e. The van der Waals surface area contributed by atoms with Crippen LogP contribution >= 0.6 is 0 Å². The zero-order valence-corrected chi connectivity index (χ0v) is 15.0. The average molecular weight is 358 g/mol. The summed E-state index contributed by atoms with van der Waals surface area (Å²) in [7, 11) is 4.62. The van der Waals surface area contributed by atoms with Crippen molar-refractivity contribution in [1.82, 2.24) is 0 Å². The molecule has 0 aromatic heterocycles. The van der Waals surface area contributed by atoms with Gasteiger partial charge in [0.05, 0.1) is 27.9 Å². The lowest BCUT2D eigenvalue weighted by atomic mass is 10.1. The number of carbonyl (C=O) groups is 1. The highest BCUT2D eigenvalue weighted by Gasteiger charge is 2.06. The van der Waals surface area contributed by atoms with Gasteiger partial charge >= 0.3 is 5.97 Å². The van der Waals surface area contributed by atoms with Crippen LogP contribution in [0.3, 0.4) is 0 Å². The summed E-state index contributed by atoms with van der Waals surface area (Å²) in [6.45, 7) is 0.248. The van der Waals surface area contributed by atoms with Gasteiger partial charge in [0.15, 0.2) is 23.0 Å². The largest absolute Gasteiger partial charge is 0.504 e. The van der Waals surface area contributed by atoms with Crippen LogP contribution in [0.5, 0.6) is 23.0 Å². The van der Waals surface area contributed by atoms with Gasteiger partial charge in [-0.05, 0) is 41.5 Å². The number of phenols is 1. The van der Waals surface area contributed by atoms with Crippen molar-refractivity contribution in [2.45, 2.75) is 6.42 Å². The van der Waals surface area contributed by atoms with Gasteiger partial charge in [0.2, 0.25) is 0 Å². The number of ether oxygens (including phenoxy) is 4. The van der Waals surface area contributed by atoms with Crippen LogP contribution in [0.2, 0.25) is 0 Å². The van der Waals surface area contributed by atoms with Crippen LogP contribution in [0, 0.1) is 0 Å². The fraction of sp³-hybridized carbons (Fsp3) is 0.250. The fourth-order valence-electron chi connectivity index (χ4n) is 2.32. The molecule has 2 aromatic carbocycles. The number of rotatable bonds is 8. The first kappa shape index (κ1) is 19.2. The molecule has 2 rings (SSSR count). The normalized spacial score (nSPS) is 10.6. The Morgan fingerprint density at radius 2 is 1.69 bits per heavy atom. The molecule has 0 bridgehead atoms. The van der Waals surface area contributed by atoms with E-state index in [1.807, 2.05) is 18.2 Å². The van der Waals surface area contributed by atoms with Gasteiger partial charge in [-0.3, -0.25) is 0 Å². The Bertz CT molecular complexity index is 782. The third-order valence-corrected chi connectivity index (χ3v) is 3.70. The van der Waals surface area contributed by atoms with E-state index in [2.05, 4.69) is 0 Å². The summed E-state index contributed by atoms with van der Waals surface area (Å²) in [6.07, 6.45) is 3.49. The molecule has 0 atom stereocenters. The number of aromatic hydroxyl groups is 1. The molecule has 0 aliphatic carbocycles. The van der Waals surface area contributed by atoms with E-state index in [1.165, 1.54) is 19.3 Å². The second-order valence-electron chi connectivity index (χ2n) is 5.37. The summed E-state index contributed by atoms with van der Waals surface area (Å²) in [4.78, 5) is 11.8. The summed E-state index contributed by atoms with van der Waals surface area (Å²) in [5.41, 5.74) is 1.69. The van der Waals surface area contributed by atoms with Crippen LogP contribution in [0.4, 0.5) is 0 Å². The minimum atomic E-state index is -0.447. The molecular formula is C20H22O6. The van der Waals surface area contributed by atoms with Crippen molar-refractivity contribution in [3.05, 3.63) is 53.6 Å². The molecule has 0 heterocycles. The molecular weight excluding hydrogens is 336 g/mol. The van der Waals surface area contributed by atoms with Crippen molar-refractivity contribution in [1.29, 1.82) is 0 Å². The van der Waals surface area contributed by atoms with Crippen LogP contribution in [-0.2, 0) is 16.0 Å². The monoisotopic (exact) mass is 358 g/mol. The molecule has 1 N–H and O–H groups in total. The molecule has 0 saturated carbocycles. The lowest BCUT2D eigenvalue weighted by Gasteiger charge is -2.09. The highest BCUT2D eigenvalue weighted by molar-refractivity contribution is 5.87. The van der Waals surface area contributed by atoms with Crippen molar-refractivity contribution in [2.24, 2.45) is 0 Å². The standard InChI is InChI=1S/C20H22O6/c1-23-17-8-5-15(13-19(17)25-3)10-11-26-20(22)9-6-14-4-7-16(21)18(12-14)24-2/h4-9,12-13,21H,10-11H2,1-3H3/b9-6+. The van der Waals surface area contributed by atoms with Crippen LogP contribution in [0.25, 0.3) is 6.08 Å². The van der Waals surface area contributed by atoms with Crippen molar-refractivity contribution in [2.75, 3.05) is 27.9 Å². The van der Waals surface area contributed by atoms with E-state index in [0.717, 1.165) is 11.1 Å². The van der Waals surface area contributed by atoms with E-state index < -0.39 is 5.97 Å². The molecule has 0 radical (unpaired) electrons. The first-order valence-electron chi connectivity index (χ1n) is 8.00. The second-order valence-corrected chi connectivity index (χ2v) is 5.37. The first-order chi connectivity index (χ1) is 12.6. The highest BCUT2D eigenvalue weighted by Crippen LogP contribution is 2.28. The zero-order valence-electron chi connectivity index (χ0n) is 15.0. The number of carbonyl (C=O) groups excluding carboxylic acids is 1. The third-order valence-electron chi connectivity index (χ3n) is 3.70. The van der Waals surface area contributed by atoms with Crippen LogP contribution < -0.4 is 14.2 Å². The highest BCUT2D eigenvalue weighted by atomic mass is 16.5. The van der Waals surface area contributed by atoms with E-state index in [-0.39, 0.29) is 12.4 Å². The minimum Gasteiger partial charge on any atom is -0.504 e. The van der Waals surface area contributed by atoms with Gasteiger partial charge in [0.1, 0.15) is 0 Å². The molecule has 26 heavy (non-hydrogen) atoms. The van der Waals surface area contributed by atoms with Gasteiger partial charge in [-0.1, -0.05) is 12.1 Å². The molecule has 6 nitrogen and oxygen atoms in total. The van der Waals surface area contributed by atoms with Gasteiger partial charge in [0, 0.05) is 12.5 Å². The molecule has 138 valence electrons. The van der Waals surface area contributed by atoms with E-state index >= 15 is 0 Å². The predicted octanol–water partition coefficient (Wildman–Crippen LogP) is 3.22. The third kappa shape index (κ3) is 5.17. The number of hydrogen-bond donors (Lipinski definition) is 1. The number of methoxy groups -OCH3 is 3. The average Bonchev–Trinajstić information content (AvgIpc) is 2.67. The quantitative estimate of drug-likeness (QED) is 0.577. The number of benzene rings is 2. The van der Waals surface area contributed by atoms with Crippen molar-refractivity contribution in [3.8, 4) is 23.0 Å². The van der Waals surface area contributed by atoms with E-state index in [9.17, 15) is 9.90 Å². The van der Waals surface area contributed by atoms with Crippen LogP contribution in [-0.4, -0.2) is 39.0 Å². The number of phenolic OH excluding ortho intramolecular Hbond substituents is 1. The second kappa shape index (κ2) is 9.36. The van der Waals surface area contributed by atoms with Crippen molar-refractivity contribution in [3.63, 3.8) is 0 Å². The summed E-state index contributed by atoms with van der Waals surface area (Å²) >= 11 is 0. The number of esters is 1. The van der Waals surface area contributed by atoms with Crippen molar-refractivity contribution < 1.29 is 28.8 Å². The Kier molecular flexibility index (Phi) is 6.91. The Morgan fingerprint density at radius 3 is 2.38 bits per heavy atom. The van der Waals surface area contributed by atoms with E-state index in [1.54, 1.807) is 32.4 Å². The predicted molar refractivity (Wildman–Crippen MR) is 97.9 cm³/mol. The summed E-state index contributed by atoms with van der Waals surface area (Å²) in [5.74, 6) is 1.23. The maximum Gasteiger partial charge on any atom is 0.330 e. The van der Waals surface area contributed by atoms with Gasteiger partial charge in [-0.2, -0.15) is 0 Å². The molecule has 6 heteroatoms. The zero-order chi connectivity index (χ0) is 18.9. The van der Waals surface area contributed by atoms with E-state index in [4.69, 9.17) is 18.9 Å². The molecule has 0 unspecified atom stereocenters. The van der Waals surface area contributed by atoms with Crippen LogP contribution in [0.1, 0.15) is 11.1 Å².